The minimum atomic E-state index is -4.10. The number of benzene rings is 3. The molecule has 168 valence electrons. The summed E-state index contributed by atoms with van der Waals surface area (Å²) in [5, 5.41) is 3.02. The van der Waals surface area contributed by atoms with Gasteiger partial charge >= 0.3 is 0 Å². The highest BCUT2D eigenvalue weighted by atomic mass is 35.5. The van der Waals surface area contributed by atoms with Crippen LogP contribution in [0.4, 0.5) is 5.69 Å². The van der Waals surface area contributed by atoms with Crippen molar-refractivity contribution in [2.24, 2.45) is 0 Å². The Kier molecular flexibility index (Phi) is 7.90. The number of nitrogens with zero attached hydrogens (tertiary/aromatic N) is 1. The summed E-state index contributed by atoms with van der Waals surface area (Å²) in [4.78, 5) is 12.7. The van der Waals surface area contributed by atoms with Crippen LogP contribution in [0.15, 0.2) is 77.7 Å². The van der Waals surface area contributed by atoms with Gasteiger partial charge in [0.15, 0.2) is 0 Å². The summed E-state index contributed by atoms with van der Waals surface area (Å²) in [7, 11) is -2.71. The fraction of sp³-hybridized carbons (Fsp3) is 0.208. The van der Waals surface area contributed by atoms with E-state index in [-0.39, 0.29) is 28.8 Å². The molecule has 3 rings (SSSR count). The molecule has 0 saturated carbocycles. The van der Waals surface area contributed by atoms with Crippen LogP contribution in [-0.2, 0) is 27.8 Å². The molecule has 0 aromatic heterocycles. The van der Waals surface area contributed by atoms with E-state index in [2.05, 4.69) is 5.32 Å². The van der Waals surface area contributed by atoms with E-state index >= 15 is 0 Å². The number of rotatable bonds is 9. The van der Waals surface area contributed by atoms with Crippen LogP contribution in [0.1, 0.15) is 18.1 Å². The van der Waals surface area contributed by atoms with Crippen molar-refractivity contribution in [3.8, 4) is 5.75 Å². The Bertz CT molecular complexity index is 1170. The molecule has 3 aromatic rings. The lowest BCUT2D eigenvalue weighted by Gasteiger charge is -2.23. The zero-order valence-electron chi connectivity index (χ0n) is 17.9. The van der Waals surface area contributed by atoms with E-state index < -0.39 is 15.9 Å². The lowest BCUT2D eigenvalue weighted by atomic mass is 10.1. The van der Waals surface area contributed by atoms with Gasteiger partial charge < -0.3 is 10.1 Å². The number of carbonyl (C=O) groups excluding carboxylic acids is 1. The first-order valence-electron chi connectivity index (χ1n) is 10.1. The number of sulfonamides is 1. The first-order valence-corrected chi connectivity index (χ1v) is 11.9. The van der Waals surface area contributed by atoms with Crippen molar-refractivity contribution in [1.29, 1.82) is 0 Å². The largest absolute Gasteiger partial charge is 0.495 e. The molecule has 1 N–H and O–H groups in total. The third kappa shape index (κ3) is 5.88. The van der Waals surface area contributed by atoms with Crippen LogP contribution in [0.5, 0.6) is 5.75 Å². The van der Waals surface area contributed by atoms with Crippen LogP contribution in [0.3, 0.4) is 0 Å². The van der Waals surface area contributed by atoms with Gasteiger partial charge in [-0.2, -0.15) is 4.31 Å². The fourth-order valence-electron chi connectivity index (χ4n) is 3.19. The number of hydrogen-bond donors (Lipinski definition) is 1. The van der Waals surface area contributed by atoms with Crippen LogP contribution in [0.25, 0.3) is 0 Å². The van der Waals surface area contributed by atoms with Crippen molar-refractivity contribution in [1.82, 2.24) is 4.31 Å². The third-order valence-electron chi connectivity index (χ3n) is 4.91. The predicted octanol–water partition coefficient (Wildman–Crippen LogP) is 4.74. The first kappa shape index (κ1) is 23.8. The van der Waals surface area contributed by atoms with Crippen molar-refractivity contribution >= 4 is 33.2 Å². The monoisotopic (exact) mass is 472 g/mol. The third-order valence-corrected chi connectivity index (χ3v) is 6.96. The molecule has 0 spiro atoms. The Morgan fingerprint density at radius 3 is 2.31 bits per heavy atom. The SMILES string of the molecule is CCc1ccc(NC(=O)CN(Cc2ccccc2)S(=O)(=O)c2cc(Cl)ccc2OC)cc1. The lowest BCUT2D eigenvalue weighted by molar-refractivity contribution is -0.116. The highest BCUT2D eigenvalue weighted by molar-refractivity contribution is 7.89. The quantitative estimate of drug-likeness (QED) is 0.488. The number of ether oxygens (including phenoxy) is 1. The molecule has 0 bridgehead atoms. The van der Waals surface area contributed by atoms with Gasteiger partial charge in [0, 0.05) is 17.3 Å². The van der Waals surface area contributed by atoms with E-state index in [0.29, 0.717) is 5.69 Å². The second-order valence-electron chi connectivity index (χ2n) is 7.15. The van der Waals surface area contributed by atoms with Crippen molar-refractivity contribution in [2.45, 2.75) is 24.8 Å². The topological polar surface area (TPSA) is 75.7 Å². The molecule has 32 heavy (non-hydrogen) atoms. The molecular formula is C24H25ClN2O4S. The van der Waals surface area contributed by atoms with Crippen molar-refractivity contribution in [3.05, 3.63) is 88.9 Å². The van der Waals surface area contributed by atoms with Gasteiger partial charge in [0.25, 0.3) is 0 Å². The molecule has 0 saturated heterocycles. The number of aryl methyl sites for hydroxylation is 1. The molecular weight excluding hydrogens is 448 g/mol. The minimum Gasteiger partial charge on any atom is -0.495 e. The van der Waals surface area contributed by atoms with E-state index in [0.717, 1.165) is 21.9 Å². The fourth-order valence-corrected chi connectivity index (χ4v) is 4.99. The molecule has 0 aliphatic carbocycles. The smallest absolute Gasteiger partial charge is 0.247 e. The number of amides is 1. The van der Waals surface area contributed by atoms with Crippen LogP contribution >= 0.6 is 11.6 Å². The van der Waals surface area contributed by atoms with Gasteiger partial charge in [-0.05, 0) is 47.9 Å². The lowest BCUT2D eigenvalue weighted by Crippen LogP contribution is -2.37. The second-order valence-corrected chi connectivity index (χ2v) is 9.50. The molecule has 0 aliphatic rings. The maximum atomic E-state index is 13.5. The number of nitrogens with one attached hydrogen (secondary N) is 1. The van der Waals surface area contributed by atoms with Gasteiger partial charge in [0.1, 0.15) is 10.6 Å². The number of methoxy groups -OCH3 is 1. The summed E-state index contributed by atoms with van der Waals surface area (Å²) in [5.41, 5.74) is 2.49. The summed E-state index contributed by atoms with van der Waals surface area (Å²) in [5.74, 6) is -0.294. The molecule has 6 nitrogen and oxygen atoms in total. The average Bonchev–Trinajstić information content (AvgIpc) is 2.79. The molecule has 0 fully saturated rings. The van der Waals surface area contributed by atoms with Crippen LogP contribution in [0, 0.1) is 0 Å². The molecule has 0 heterocycles. The normalized spacial score (nSPS) is 11.4. The summed E-state index contributed by atoms with van der Waals surface area (Å²) in [6, 6.07) is 20.9. The van der Waals surface area contributed by atoms with Gasteiger partial charge in [-0.15, -0.1) is 0 Å². The van der Waals surface area contributed by atoms with Gasteiger partial charge in [0.2, 0.25) is 15.9 Å². The van der Waals surface area contributed by atoms with Gasteiger partial charge in [-0.25, -0.2) is 8.42 Å². The van der Waals surface area contributed by atoms with Gasteiger partial charge in [0.05, 0.1) is 13.7 Å². The van der Waals surface area contributed by atoms with Crippen LogP contribution in [-0.4, -0.2) is 32.3 Å². The summed E-state index contributed by atoms with van der Waals surface area (Å²) in [6.07, 6.45) is 0.888. The van der Waals surface area contributed by atoms with E-state index in [4.69, 9.17) is 16.3 Å². The number of anilines is 1. The molecule has 0 unspecified atom stereocenters. The summed E-state index contributed by atoms with van der Waals surface area (Å²) < 4.78 is 33.5. The summed E-state index contributed by atoms with van der Waals surface area (Å²) in [6.45, 7) is 1.69. The highest BCUT2D eigenvalue weighted by Crippen LogP contribution is 2.30. The number of hydrogen-bond acceptors (Lipinski definition) is 4. The van der Waals surface area contributed by atoms with Crippen molar-refractivity contribution in [3.63, 3.8) is 0 Å². The van der Waals surface area contributed by atoms with E-state index in [1.54, 1.807) is 30.3 Å². The standard InChI is InChI=1S/C24H25ClN2O4S/c1-3-18-9-12-21(13-10-18)26-24(28)17-27(16-19-7-5-4-6-8-19)32(29,30)23-15-20(25)11-14-22(23)31-2/h4-15H,3,16-17H2,1-2H3,(H,26,28). The Hall–Kier alpha value is -2.87. The summed E-state index contributed by atoms with van der Waals surface area (Å²) >= 11 is 6.06. The van der Waals surface area contributed by atoms with E-state index in [1.165, 1.54) is 19.2 Å². The van der Waals surface area contributed by atoms with Crippen LogP contribution < -0.4 is 10.1 Å². The van der Waals surface area contributed by atoms with Gasteiger partial charge in [-0.3, -0.25) is 4.79 Å². The van der Waals surface area contributed by atoms with Gasteiger partial charge in [-0.1, -0.05) is 61.0 Å². The average molecular weight is 473 g/mol. The molecule has 8 heteroatoms. The zero-order valence-corrected chi connectivity index (χ0v) is 19.5. The molecule has 1 amide bonds. The maximum absolute atomic E-state index is 13.5. The Morgan fingerprint density at radius 1 is 1.00 bits per heavy atom. The molecule has 3 aromatic carbocycles. The number of halogens is 1. The number of carbonyl (C=O) groups is 1. The second kappa shape index (κ2) is 10.6. The molecule has 0 aliphatic heterocycles. The predicted molar refractivity (Wildman–Crippen MR) is 126 cm³/mol. The van der Waals surface area contributed by atoms with E-state index in [1.807, 2.05) is 37.3 Å². The zero-order chi connectivity index (χ0) is 23.1. The minimum absolute atomic E-state index is 0.0149. The maximum Gasteiger partial charge on any atom is 0.247 e. The first-order chi connectivity index (χ1) is 15.3. The van der Waals surface area contributed by atoms with Crippen LogP contribution in [0.2, 0.25) is 5.02 Å². The molecule has 0 radical (unpaired) electrons. The highest BCUT2D eigenvalue weighted by Gasteiger charge is 2.30. The Morgan fingerprint density at radius 2 is 1.69 bits per heavy atom. The van der Waals surface area contributed by atoms with Crippen molar-refractivity contribution in [2.75, 3.05) is 19.0 Å². The Balaban J connectivity index is 1.91. The Labute approximate surface area is 193 Å². The van der Waals surface area contributed by atoms with Crippen molar-refractivity contribution < 1.29 is 17.9 Å². The molecule has 0 atom stereocenters. The van der Waals surface area contributed by atoms with E-state index in [9.17, 15) is 13.2 Å².